The van der Waals surface area contributed by atoms with E-state index in [0.717, 1.165) is 32.1 Å². The molecule has 3 N–H and O–H groups in total. The lowest BCUT2D eigenvalue weighted by atomic mass is 9.88. The number of imide groups is 1. The molecule has 2 fully saturated rings. The Morgan fingerprint density at radius 3 is 2.60 bits per heavy atom. The Labute approximate surface area is 180 Å². The molecular formula is C24H39NO5. The average Bonchev–Trinajstić information content (AvgIpc) is 3.17. The second kappa shape index (κ2) is 11.8. The minimum absolute atomic E-state index is 0.0200. The van der Waals surface area contributed by atoms with Crippen molar-refractivity contribution in [2.24, 2.45) is 17.8 Å². The molecule has 0 bridgehead atoms. The van der Waals surface area contributed by atoms with Gasteiger partial charge in [-0.25, -0.2) is 0 Å². The first-order valence-electron chi connectivity index (χ1n) is 11.3. The zero-order chi connectivity index (χ0) is 22.3. The molecule has 6 heteroatoms. The van der Waals surface area contributed by atoms with Crippen molar-refractivity contribution < 1.29 is 24.5 Å². The van der Waals surface area contributed by atoms with Gasteiger partial charge >= 0.3 is 0 Å². The van der Waals surface area contributed by atoms with Crippen LogP contribution in [0.3, 0.4) is 0 Å². The molecule has 2 rings (SSSR count). The highest BCUT2D eigenvalue weighted by molar-refractivity contribution is 5.93. The molecule has 30 heavy (non-hydrogen) atoms. The monoisotopic (exact) mass is 421 g/mol. The first kappa shape index (κ1) is 24.8. The van der Waals surface area contributed by atoms with Crippen molar-refractivity contribution in [2.45, 2.75) is 97.1 Å². The van der Waals surface area contributed by atoms with E-state index >= 15 is 0 Å². The summed E-state index contributed by atoms with van der Waals surface area (Å²) in [5.41, 5.74) is 1.25. The van der Waals surface area contributed by atoms with Crippen LogP contribution < -0.4 is 5.32 Å². The molecule has 6 nitrogen and oxygen atoms in total. The van der Waals surface area contributed by atoms with Gasteiger partial charge in [0.2, 0.25) is 11.8 Å². The minimum Gasteiger partial charge on any atom is -0.392 e. The third-order valence-corrected chi connectivity index (χ3v) is 6.30. The van der Waals surface area contributed by atoms with Gasteiger partial charge in [0.1, 0.15) is 0 Å². The molecule has 1 aliphatic heterocycles. The zero-order valence-corrected chi connectivity index (χ0v) is 18.8. The van der Waals surface area contributed by atoms with Crippen molar-refractivity contribution in [3.8, 4) is 0 Å². The molecule has 170 valence electrons. The van der Waals surface area contributed by atoms with Gasteiger partial charge < -0.3 is 14.9 Å². The van der Waals surface area contributed by atoms with Gasteiger partial charge in [-0.05, 0) is 51.4 Å². The summed E-state index contributed by atoms with van der Waals surface area (Å²) in [6.45, 7) is 7.49. The maximum absolute atomic E-state index is 11.5. The Bertz CT molecular complexity index is 640. The van der Waals surface area contributed by atoms with Crippen LogP contribution in [0.5, 0.6) is 0 Å². The summed E-state index contributed by atoms with van der Waals surface area (Å²) in [7, 11) is 0. The number of aliphatic hydroxyl groups excluding tert-OH is 2. The van der Waals surface area contributed by atoms with Crippen LogP contribution in [0.4, 0.5) is 0 Å². The number of amides is 2. The number of allylic oxidation sites excluding steroid dienone is 2. The lowest BCUT2D eigenvalue weighted by molar-refractivity contribution is -0.129. The predicted molar refractivity (Wildman–Crippen MR) is 117 cm³/mol. The van der Waals surface area contributed by atoms with Crippen molar-refractivity contribution in [3.05, 3.63) is 23.8 Å². The van der Waals surface area contributed by atoms with E-state index < -0.39 is 12.2 Å². The third-order valence-electron chi connectivity index (χ3n) is 6.30. The first-order valence-corrected chi connectivity index (χ1v) is 11.3. The molecule has 0 aromatic heterocycles. The number of rotatable bonds is 10. The fourth-order valence-corrected chi connectivity index (χ4v) is 4.54. The molecule has 1 heterocycles. The summed E-state index contributed by atoms with van der Waals surface area (Å²) in [5.74, 6) is -0.106. The van der Waals surface area contributed by atoms with Crippen LogP contribution >= 0.6 is 0 Å². The smallest absolute Gasteiger partial charge is 0.226 e. The van der Waals surface area contributed by atoms with Crippen molar-refractivity contribution in [1.29, 1.82) is 0 Å². The van der Waals surface area contributed by atoms with E-state index in [1.165, 1.54) is 12.5 Å². The normalized spacial score (nSPS) is 30.1. The highest BCUT2D eigenvalue weighted by atomic mass is 16.5. The van der Waals surface area contributed by atoms with Crippen LogP contribution in [-0.4, -0.2) is 46.4 Å². The molecule has 0 aromatic carbocycles. The molecule has 1 unspecified atom stereocenters. The van der Waals surface area contributed by atoms with Crippen molar-refractivity contribution in [3.63, 3.8) is 0 Å². The number of carbonyl (C=O) groups is 2. The number of carbonyl (C=O) groups excluding carboxylic acids is 2. The summed E-state index contributed by atoms with van der Waals surface area (Å²) >= 11 is 0. The number of ether oxygens (including phenoxy) is 1. The second-order valence-corrected chi connectivity index (χ2v) is 9.30. The fraction of sp³-hybridized carbons (Fsp3) is 0.750. The summed E-state index contributed by atoms with van der Waals surface area (Å²) in [4.78, 5) is 22.4. The van der Waals surface area contributed by atoms with E-state index in [2.05, 4.69) is 25.2 Å². The largest absolute Gasteiger partial charge is 0.392 e. The summed E-state index contributed by atoms with van der Waals surface area (Å²) in [5, 5.41) is 23.2. The lowest BCUT2D eigenvalue weighted by Crippen LogP contribution is -2.27. The highest BCUT2D eigenvalue weighted by Crippen LogP contribution is 2.45. The van der Waals surface area contributed by atoms with Gasteiger partial charge in [0.05, 0.1) is 24.4 Å². The van der Waals surface area contributed by atoms with Crippen molar-refractivity contribution in [1.82, 2.24) is 5.32 Å². The zero-order valence-electron chi connectivity index (χ0n) is 18.8. The minimum atomic E-state index is -0.522. The summed E-state index contributed by atoms with van der Waals surface area (Å²) in [6, 6.07) is 0. The molecule has 1 saturated heterocycles. The molecule has 1 saturated carbocycles. The van der Waals surface area contributed by atoms with Gasteiger partial charge in [0, 0.05) is 25.7 Å². The van der Waals surface area contributed by atoms with Gasteiger partial charge in [-0.15, -0.1) is 0 Å². The summed E-state index contributed by atoms with van der Waals surface area (Å²) in [6.07, 6.45) is 10.5. The molecule has 7 atom stereocenters. The van der Waals surface area contributed by atoms with E-state index in [1.54, 1.807) is 0 Å². The molecular weight excluding hydrogens is 382 g/mol. The number of nitrogens with one attached hydrogen (secondary N) is 1. The highest BCUT2D eigenvalue weighted by Gasteiger charge is 2.47. The van der Waals surface area contributed by atoms with Gasteiger partial charge in [0.15, 0.2) is 0 Å². The van der Waals surface area contributed by atoms with Crippen LogP contribution in [0.15, 0.2) is 23.8 Å². The van der Waals surface area contributed by atoms with Gasteiger partial charge in [0.25, 0.3) is 0 Å². The first-order chi connectivity index (χ1) is 14.2. The van der Waals surface area contributed by atoms with Gasteiger partial charge in [-0.2, -0.15) is 0 Å². The SMILES string of the molecule is CC(=O)NC(=O)CCCC[C@@H]1C[C@@H]2[C@@H](/C=C/[C@@H](O)C(C)CC=C(C)C)[C@H](O)C[C@@H]2O1. The van der Waals surface area contributed by atoms with Crippen molar-refractivity contribution >= 4 is 11.8 Å². The van der Waals surface area contributed by atoms with E-state index in [9.17, 15) is 19.8 Å². The fourth-order valence-electron chi connectivity index (χ4n) is 4.54. The van der Waals surface area contributed by atoms with E-state index in [4.69, 9.17) is 4.74 Å². The maximum atomic E-state index is 11.5. The van der Waals surface area contributed by atoms with E-state index in [-0.39, 0.29) is 41.8 Å². The van der Waals surface area contributed by atoms with Crippen LogP contribution in [0, 0.1) is 17.8 Å². The standard InChI is InChI=1S/C24H39NO5/c1-15(2)9-10-16(3)21(27)12-11-19-20-13-18(30-23(20)14-22(19)28)7-5-6-8-24(29)25-17(4)26/h9,11-12,16,18-23,27-28H,5-8,10,13-14H2,1-4H3,(H,25,26,29)/b12-11+/t16?,18-,19-,20-,21-,22-,23+/m1/s1. The molecule has 2 aliphatic rings. The van der Waals surface area contributed by atoms with Crippen LogP contribution in [0.2, 0.25) is 0 Å². The second-order valence-electron chi connectivity index (χ2n) is 9.30. The van der Waals surface area contributed by atoms with Crippen molar-refractivity contribution in [2.75, 3.05) is 0 Å². The van der Waals surface area contributed by atoms with Crippen LogP contribution in [0.25, 0.3) is 0 Å². The number of hydrogen-bond acceptors (Lipinski definition) is 5. The molecule has 0 aromatic rings. The van der Waals surface area contributed by atoms with Gasteiger partial charge in [-0.1, -0.05) is 37.1 Å². The lowest BCUT2D eigenvalue weighted by Gasteiger charge is -2.19. The molecule has 1 aliphatic carbocycles. The topological polar surface area (TPSA) is 95.9 Å². The molecule has 2 amide bonds. The quantitative estimate of drug-likeness (QED) is 0.372. The predicted octanol–water partition coefficient (Wildman–Crippen LogP) is 3.27. The Kier molecular flexibility index (Phi) is 9.72. The Morgan fingerprint density at radius 2 is 1.93 bits per heavy atom. The number of hydrogen-bond donors (Lipinski definition) is 3. The third kappa shape index (κ3) is 7.64. The van der Waals surface area contributed by atoms with E-state index in [1.807, 2.05) is 19.1 Å². The number of fused-ring (bicyclic) bond motifs is 1. The summed E-state index contributed by atoms with van der Waals surface area (Å²) < 4.78 is 6.16. The van der Waals surface area contributed by atoms with Crippen LogP contribution in [0.1, 0.15) is 72.6 Å². The average molecular weight is 422 g/mol. The number of unbranched alkanes of at least 4 members (excludes halogenated alkanes) is 1. The Morgan fingerprint density at radius 1 is 1.20 bits per heavy atom. The van der Waals surface area contributed by atoms with E-state index in [0.29, 0.717) is 12.8 Å². The molecule has 0 radical (unpaired) electrons. The molecule has 0 spiro atoms. The maximum Gasteiger partial charge on any atom is 0.226 e. The Balaban J connectivity index is 1.78. The Hall–Kier alpha value is -1.50. The van der Waals surface area contributed by atoms with Gasteiger partial charge in [-0.3, -0.25) is 14.9 Å². The number of aliphatic hydroxyl groups is 2. The van der Waals surface area contributed by atoms with Crippen LogP contribution in [-0.2, 0) is 14.3 Å².